The maximum Gasteiger partial charge on any atom is 0.257 e. The van der Waals surface area contributed by atoms with Crippen LogP contribution >= 0.6 is 11.3 Å². The van der Waals surface area contributed by atoms with Crippen LogP contribution in [-0.2, 0) is 0 Å². The lowest BCUT2D eigenvalue weighted by molar-refractivity contribution is 0.0940. The molecule has 1 aromatic carbocycles. The number of hydrogen-bond donors (Lipinski definition) is 1. The molecule has 1 atom stereocenters. The Morgan fingerprint density at radius 1 is 1.15 bits per heavy atom. The van der Waals surface area contributed by atoms with Crippen molar-refractivity contribution in [2.24, 2.45) is 0 Å². The molecule has 0 fully saturated rings. The fourth-order valence-corrected chi connectivity index (χ4v) is 3.64. The van der Waals surface area contributed by atoms with Crippen LogP contribution in [0.25, 0.3) is 11.5 Å². The zero-order valence-corrected chi connectivity index (χ0v) is 15.4. The van der Waals surface area contributed by atoms with E-state index in [-0.39, 0.29) is 17.6 Å². The van der Waals surface area contributed by atoms with Crippen LogP contribution < -0.4 is 5.32 Å². The van der Waals surface area contributed by atoms with Crippen molar-refractivity contribution in [3.8, 4) is 11.5 Å². The highest BCUT2D eigenvalue weighted by molar-refractivity contribution is 7.10. The summed E-state index contributed by atoms with van der Waals surface area (Å²) < 4.78 is 17.5. The zero-order valence-electron chi connectivity index (χ0n) is 14.5. The minimum atomic E-state index is -0.409. The van der Waals surface area contributed by atoms with E-state index in [0.717, 1.165) is 4.88 Å². The van der Waals surface area contributed by atoms with Gasteiger partial charge in [0.2, 0.25) is 0 Å². The first-order valence-electron chi connectivity index (χ1n) is 8.45. The van der Waals surface area contributed by atoms with Gasteiger partial charge in [0, 0.05) is 17.3 Å². The van der Waals surface area contributed by atoms with Crippen LogP contribution in [0.1, 0.15) is 28.2 Å². The number of thiophene rings is 1. The third kappa shape index (κ3) is 3.29. The van der Waals surface area contributed by atoms with Crippen LogP contribution in [-0.4, -0.2) is 20.3 Å². The minimum Gasteiger partial charge on any atom is -0.345 e. The van der Waals surface area contributed by atoms with Gasteiger partial charge in [-0.3, -0.25) is 4.79 Å². The highest BCUT2D eigenvalue weighted by Gasteiger charge is 2.22. The fourth-order valence-electron chi connectivity index (χ4n) is 2.91. The van der Waals surface area contributed by atoms with Crippen molar-refractivity contribution in [2.75, 3.05) is 0 Å². The summed E-state index contributed by atoms with van der Waals surface area (Å²) in [4.78, 5) is 14.0. The quantitative estimate of drug-likeness (QED) is 0.559. The second-order valence-electron chi connectivity index (χ2n) is 6.05. The molecule has 1 N–H and O–H groups in total. The minimum absolute atomic E-state index is 0.133. The predicted molar refractivity (Wildman–Crippen MR) is 103 cm³/mol. The van der Waals surface area contributed by atoms with Crippen LogP contribution in [0.15, 0.2) is 72.5 Å². The van der Waals surface area contributed by atoms with Gasteiger partial charge < -0.3 is 9.88 Å². The van der Waals surface area contributed by atoms with Gasteiger partial charge in [-0.2, -0.15) is 5.10 Å². The van der Waals surface area contributed by atoms with E-state index < -0.39 is 5.82 Å². The lowest BCUT2D eigenvalue weighted by Gasteiger charge is -2.14. The molecule has 0 spiro atoms. The van der Waals surface area contributed by atoms with Crippen LogP contribution in [0, 0.1) is 5.82 Å². The van der Waals surface area contributed by atoms with Gasteiger partial charge in [-0.15, -0.1) is 11.3 Å². The summed E-state index contributed by atoms with van der Waals surface area (Å²) in [6.45, 7) is 1.93. The predicted octanol–water partition coefficient (Wildman–Crippen LogP) is 4.35. The maximum absolute atomic E-state index is 14.3. The van der Waals surface area contributed by atoms with E-state index in [9.17, 15) is 9.18 Å². The lowest BCUT2D eigenvalue weighted by atomic mass is 10.2. The Morgan fingerprint density at radius 3 is 2.63 bits per heavy atom. The van der Waals surface area contributed by atoms with Crippen LogP contribution in [0.5, 0.6) is 0 Å². The molecule has 1 amide bonds. The molecule has 0 saturated carbocycles. The van der Waals surface area contributed by atoms with Crippen LogP contribution in [0.2, 0.25) is 0 Å². The molecule has 4 rings (SSSR count). The summed E-state index contributed by atoms with van der Waals surface area (Å²) in [5.41, 5.74) is 0.657. The highest BCUT2D eigenvalue weighted by atomic mass is 32.1. The number of aromatic nitrogens is 3. The summed E-state index contributed by atoms with van der Waals surface area (Å²) >= 11 is 1.58. The third-order valence-electron chi connectivity index (χ3n) is 4.24. The monoisotopic (exact) mass is 380 g/mol. The van der Waals surface area contributed by atoms with Gasteiger partial charge in [0.1, 0.15) is 17.1 Å². The van der Waals surface area contributed by atoms with Crippen LogP contribution in [0.4, 0.5) is 4.39 Å². The zero-order chi connectivity index (χ0) is 18.8. The van der Waals surface area contributed by atoms with E-state index in [2.05, 4.69) is 10.4 Å². The van der Waals surface area contributed by atoms with Crippen molar-refractivity contribution >= 4 is 17.2 Å². The molecule has 3 heterocycles. The first kappa shape index (κ1) is 17.2. The summed E-state index contributed by atoms with van der Waals surface area (Å²) in [6.07, 6.45) is 5.07. The molecular weight excluding hydrogens is 363 g/mol. The van der Waals surface area contributed by atoms with Crippen molar-refractivity contribution in [1.82, 2.24) is 19.7 Å². The Bertz CT molecular complexity index is 1050. The van der Waals surface area contributed by atoms with Crippen molar-refractivity contribution in [1.29, 1.82) is 0 Å². The first-order valence-corrected chi connectivity index (χ1v) is 9.33. The fraction of sp³-hybridized carbons (Fsp3) is 0.100. The van der Waals surface area contributed by atoms with Gasteiger partial charge in [-0.25, -0.2) is 9.07 Å². The van der Waals surface area contributed by atoms with Crippen molar-refractivity contribution < 1.29 is 9.18 Å². The Labute approximate surface area is 159 Å². The number of hydrogen-bond acceptors (Lipinski definition) is 3. The van der Waals surface area contributed by atoms with E-state index in [0.29, 0.717) is 11.4 Å². The highest BCUT2D eigenvalue weighted by Crippen LogP contribution is 2.23. The van der Waals surface area contributed by atoms with Crippen molar-refractivity contribution in [2.45, 2.75) is 13.0 Å². The van der Waals surface area contributed by atoms with Crippen molar-refractivity contribution in [3.05, 3.63) is 88.8 Å². The van der Waals surface area contributed by atoms with Gasteiger partial charge in [-0.05, 0) is 42.6 Å². The molecule has 0 bridgehead atoms. The van der Waals surface area contributed by atoms with Gasteiger partial charge in [0.05, 0.1) is 12.2 Å². The topological polar surface area (TPSA) is 51.9 Å². The number of amides is 1. The van der Waals surface area contributed by atoms with E-state index in [1.807, 2.05) is 36.6 Å². The SMILES string of the molecule is CC(NC(=O)c1cnn(-c2ccccc2F)c1-n1cccc1)c1cccs1. The number of nitrogens with zero attached hydrogens (tertiary/aromatic N) is 3. The van der Waals surface area contributed by atoms with Gasteiger partial charge >= 0.3 is 0 Å². The lowest BCUT2D eigenvalue weighted by Crippen LogP contribution is -2.27. The molecule has 1 unspecified atom stereocenters. The van der Waals surface area contributed by atoms with E-state index in [1.165, 1.54) is 16.9 Å². The van der Waals surface area contributed by atoms with E-state index >= 15 is 0 Å². The van der Waals surface area contributed by atoms with E-state index in [1.54, 1.807) is 46.5 Å². The average molecular weight is 380 g/mol. The molecule has 3 aromatic heterocycles. The largest absolute Gasteiger partial charge is 0.345 e. The summed E-state index contributed by atoms with van der Waals surface area (Å²) in [6, 6.07) is 13.8. The molecule has 7 heteroatoms. The van der Waals surface area contributed by atoms with Crippen LogP contribution in [0.3, 0.4) is 0 Å². The molecule has 0 aliphatic heterocycles. The second kappa shape index (κ2) is 7.20. The molecular formula is C20H17FN4OS. The molecule has 0 saturated heterocycles. The van der Waals surface area contributed by atoms with Crippen molar-refractivity contribution in [3.63, 3.8) is 0 Å². The number of para-hydroxylation sites is 1. The first-order chi connectivity index (χ1) is 13.1. The average Bonchev–Trinajstić information content (AvgIpc) is 3.41. The Kier molecular flexibility index (Phi) is 4.60. The number of nitrogens with one attached hydrogen (secondary N) is 1. The van der Waals surface area contributed by atoms with E-state index in [4.69, 9.17) is 0 Å². The molecule has 5 nitrogen and oxygen atoms in total. The summed E-state index contributed by atoms with van der Waals surface area (Å²) in [5, 5.41) is 9.25. The number of benzene rings is 1. The third-order valence-corrected chi connectivity index (χ3v) is 5.29. The number of rotatable bonds is 5. The smallest absolute Gasteiger partial charge is 0.257 e. The summed E-state index contributed by atoms with van der Waals surface area (Å²) in [5.74, 6) is -0.184. The van der Waals surface area contributed by atoms with Gasteiger partial charge in [0.15, 0.2) is 5.82 Å². The normalized spacial score (nSPS) is 12.1. The number of halogens is 1. The molecule has 0 radical (unpaired) electrons. The summed E-state index contributed by atoms with van der Waals surface area (Å²) in [7, 11) is 0. The molecule has 27 heavy (non-hydrogen) atoms. The Morgan fingerprint density at radius 2 is 1.93 bits per heavy atom. The molecule has 136 valence electrons. The molecule has 0 aliphatic rings. The second-order valence-corrected chi connectivity index (χ2v) is 7.03. The number of carbonyl (C=O) groups excluding carboxylic acids is 1. The van der Waals surface area contributed by atoms with Gasteiger partial charge in [0.25, 0.3) is 5.91 Å². The maximum atomic E-state index is 14.3. The Hall–Kier alpha value is -3.19. The molecule has 0 aliphatic carbocycles. The standard InChI is InChI=1S/C20H17FN4OS/c1-14(18-9-6-12-27-18)23-19(26)15-13-22-25(17-8-3-2-7-16(17)21)20(15)24-10-4-5-11-24/h2-14H,1H3,(H,23,26). The van der Waals surface area contributed by atoms with Gasteiger partial charge in [-0.1, -0.05) is 18.2 Å². The molecule has 4 aromatic rings. The number of carbonyl (C=O) groups is 1. The Balaban J connectivity index is 1.75.